The number of fused-ring (bicyclic) bond motifs is 7. The summed E-state index contributed by atoms with van der Waals surface area (Å²) in [7, 11) is 0. The second kappa shape index (κ2) is 15.4. The molecule has 55 heavy (non-hydrogen) atoms. The Balaban J connectivity index is 0.910. The first-order chi connectivity index (χ1) is 26.3. The molecular weight excluding hydrogens is 703 g/mol. The van der Waals surface area contributed by atoms with Gasteiger partial charge >= 0.3 is 5.97 Å². The topological polar surface area (TPSA) is 84.9 Å². The lowest BCUT2D eigenvalue weighted by Crippen LogP contribution is -2.67. The van der Waals surface area contributed by atoms with Crippen LogP contribution in [0, 0.1) is 51.8 Å². The van der Waals surface area contributed by atoms with Gasteiger partial charge in [-0.3, -0.25) is 8.98 Å². The van der Waals surface area contributed by atoms with Crippen LogP contribution in [-0.2, 0) is 31.4 Å². The Morgan fingerprint density at radius 1 is 0.873 bits per heavy atom. The molecule has 0 amide bonds. The highest BCUT2D eigenvalue weighted by Gasteiger charge is 2.68. The van der Waals surface area contributed by atoms with Crippen molar-refractivity contribution in [2.24, 2.45) is 51.8 Å². The van der Waals surface area contributed by atoms with E-state index in [-0.39, 0.29) is 23.5 Å². The van der Waals surface area contributed by atoms with Crippen molar-refractivity contribution in [3.8, 4) is 0 Å². The van der Waals surface area contributed by atoms with Crippen LogP contribution in [0.4, 0.5) is 0 Å². The van der Waals surface area contributed by atoms with E-state index >= 15 is 0 Å². The maximum absolute atomic E-state index is 13.0. The van der Waals surface area contributed by atoms with Gasteiger partial charge in [-0.15, -0.1) is 0 Å². The highest BCUT2D eigenvalue weighted by molar-refractivity contribution is 7.79. The molecule has 0 radical (unpaired) electrons. The molecular formula is C48H71NO5S. The predicted molar refractivity (Wildman–Crippen MR) is 221 cm³/mol. The van der Waals surface area contributed by atoms with Crippen LogP contribution in [0.1, 0.15) is 149 Å². The molecule has 2 N–H and O–H groups in total. The van der Waals surface area contributed by atoms with Crippen LogP contribution in [0.25, 0.3) is 0 Å². The Hall–Kier alpha value is -1.80. The first-order valence-corrected chi connectivity index (χ1v) is 23.9. The van der Waals surface area contributed by atoms with Gasteiger partial charge in [-0.05, 0) is 178 Å². The van der Waals surface area contributed by atoms with E-state index in [4.69, 9.17) is 8.92 Å². The average Bonchev–Trinajstić information content (AvgIpc) is 3.60. The van der Waals surface area contributed by atoms with Crippen molar-refractivity contribution in [2.75, 3.05) is 12.8 Å². The summed E-state index contributed by atoms with van der Waals surface area (Å²) in [5.74, 6) is 3.47. The lowest BCUT2D eigenvalue weighted by Gasteiger charge is -2.71. The number of esters is 1. The first kappa shape index (κ1) is 40.0. The van der Waals surface area contributed by atoms with Crippen molar-refractivity contribution in [2.45, 2.75) is 167 Å². The van der Waals surface area contributed by atoms with Crippen molar-refractivity contribution >= 4 is 17.0 Å². The summed E-state index contributed by atoms with van der Waals surface area (Å²) in [6.07, 6.45) is 26.4. The summed E-state index contributed by atoms with van der Waals surface area (Å²) in [5.41, 5.74) is 4.79. The first-order valence-electron chi connectivity index (χ1n) is 22.4. The number of aliphatic hydroxyl groups is 1. The second-order valence-corrected chi connectivity index (χ2v) is 21.4. The molecule has 5 saturated carbocycles. The average molecular weight is 774 g/mol. The smallest absolute Gasteiger partial charge is 0.309 e. The zero-order valence-electron chi connectivity index (χ0n) is 34.7. The number of carbonyl (C=O) groups is 1. The Morgan fingerprint density at radius 3 is 2.38 bits per heavy atom. The molecule has 1 aromatic carbocycles. The van der Waals surface area contributed by atoms with Crippen molar-refractivity contribution in [3.63, 3.8) is 0 Å². The van der Waals surface area contributed by atoms with Crippen molar-refractivity contribution in [1.82, 2.24) is 5.32 Å². The number of benzene rings is 1. The summed E-state index contributed by atoms with van der Waals surface area (Å²) in [6.45, 7) is 12.0. The summed E-state index contributed by atoms with van der Waals surface area (Å²) in [4.78, 5) is 13.0. The van der Waals surface area contributed by atoms with Gasteiger partial charge in [0.25, 0.3) is 0 Å². The third-order valence-electron chi connectivity index (χ3n) is 18.1. The SMILES string of the molecule is CC1C(C2=CCC(C(=O)OCc3ccccc3)CC2)=CCC2(C)C1CCC1(C)C2CCC2[C@H]3CCCC3(NCCC3(O)CCC(OS(C)=O)CC3)CC[C@]21C. The van der Waals surface area contributed by atoms with Gasteiger partial charge in [0.1, 0.15) is 6.61 Å². The van der Waals surface area contributed by atoms with Gasteiger partial charge in [0.2, 0.25) is 0 Å². The van der Waals surface area contributed by atoms with Crippen LogP contribution in [0.15, 0.2) is 53.6 Å². The molecule has 0 heterocycles. The van der Waals surface area contributed by atoms with Crippen molar-refractivity contribution < 1.29 is 23.0 Å². The minimum Gasteiger partial charge on any atom is -0.461 e. The van der Waals surface area contributed by atoms with Crippen LogP contribution in [0.3, 0.4) is 0 Å². The van der Waals surface area contributed by atoms with E-state index < -0.39 is 16.7 Å². The van der Waals surface area contributed by atoms with E-state index in [1.165, 1.54) is 69.8 Å². The van der Waals surface area contributed by atoms with Gasteiger partial charge in [-0.25, -0.2) is 4.21 Å². The minimum atomic E-state index is -1.24. The molecule has 7 heteroatoms. The van der Waals surface area contributed by atoms with Crippen LogP contribution < -0.4 is 5.32 Å². The van der Waals surface area contributed by atoms with Crippen LogP contribution in [0.5, 0.6) is 0 Å². The third-order valence-corrected chi connectivity index (χ3v) is 18.6. The van der Waals surface area contributed by atoms with E-state index in [9.17, 15) is 14.1 Å². The molecule has 5 fully saturated rings. The molecule has 0 saturated heterocycles. The molecule has 6 nitrogen and oxygen atoms in total. The Labute approximate surface area is 335 Å². The van der Waals surface area contributed by atoms with E-state index in [1.54, 1.807) is 11.8 Å². The Kier molecular flexibility index (Phi) is 11.2. The molecule has 7 aliphatic rings. The van der Waals surface area contributed by atoms with Crippen LogP contribution in [0.2, 0.25) is 0 Å². The number of nitrogens with one attached hydrogen (secondary N) is 1. The van der Waals surface area contributed by atoms with Crippen molar-refractivity contribution in [3.05, 3.63) is 59.2 Å². The van der Waals surface area contributed by atoms with Gasteiger partial charge in [-0.1, -0.05) is 76.6 Å². The zero-order valence-corrected chi connectivity index (χ0v) is 35.5. The number of ether oxygens (including phenoxy) is 1. The summed E-state index contributed by atoms with van der Waals surface area (Å²) < 4.78 is 22.9. The van der Waals surface area contributed by atoms with Crippen molar-refractivity contribution in [1.29, 1.82) is 0 Å². The molecule has 304 valence electrons. The summed E-state index contributed by atoms with van der Waals surface area (Å²) >= 11 is -1.24. The molecule has 0 spiro atoms. The minimum absolute atomic E-state index is 0.0173. The summed E-state index contributed by atoms with van der Waals surface area (Å²) in [6, 6.07) is 10.0. The standard InChI is InChI=1S/C48H71NO5S/c1-33-38(35-13-15-36(16-14-35)43(50)53-32-34-10-7-6-8-11-34)21-24-44(2)39(33)22-25-46(4)42(44)18-17-40-41-12-9-23-48(41,29-28-45(40,46)3)49-31-30-47(51)26-19-37(20-27-47)54-55(5)52/h6-8,10-11,13,21,33,36-37,39-42,49,51H,9,12,14-20,22-32H2,1-5H3/t33?,36?,37?,39?,40?,41-,42?,44?,45-,46?,47?,48?,55?/m1/s1. The Morgan fingerprint density at radius 2 is 1.65 bits per heavy atom. The molecule has 0 aliphatic heterocycles. The molecule has 7 aliphatic carbocycles. The highest BCUT2D eigenvalue weighted by atomic mass is 32.2. The summed E-state index contributed by atoms with van der Waals surface area (Å²) in [5, 5.41) is 15.7. The number of hydrogen-bond acceptors (Lipinski definition) is 6. The lowest BCUT2D eigenvalue weighted by atomic mass is 9.34. The maximum atomic E-state index is 13.0. The predicted octanol–water partition coefficient (Wildman–Crippen LogP) is 10.2. The van der Waals surface area contributed by atoms with Gasteiger partial charge in [0.05, 0.1) is 17.6 Å². The quantitative estimate of drug-likeness (QED) is 0.230. The van der Waals surface area contributed by atoms with Gasteiger partial charge < -0.3 is 15.2 Å². The third kappa shape index (κ3) is 7.20. The second-order valence-electron chi connectivity index (χ2n) is 20.4. The van der Waals surface area contributed by atoms with E-state index in [0.717, 1.165) is 81.2 Å². The fourth-order valence-electron chi connectivity index (χ4n) is 14.9. The molecule has 0 aromatic heterocycles. The molecule has 8 rings (SSSR count). The Bertz CT molecular complexity index is 1650. The number of rotatable bonds is 10. The van der Waals surface area contributed by atoms with Gasteiger partial charge in [0, 0.05) is 11.8 Å². The van der Waals surface area contributed by atoms with E-state index in [1.807, 2.05) is 30.3 Å². The maximum Gasteiger partial charge on any atom is 0.309 e. The monoisotopic (exact) mass is 774 g/mol. The lowest BCUT2D eigenvalue weighted by molar-refractivity contribution is -0.212. The normalized spacial score (nSPS) is 44.5. The molecule has 9 unspecified atom stereocenters. The van der Waals surface area contributed by atoms with Gasteiger partial charge in [-0.2, -0.15) is 0 Å². The zero-order chi connectivity index (χ0) is 38.6. The van der Waals surface area contributed by atoms with Gasteiger partial charge in [0.15, 0.2) is 11.1 Å². The largest absolute Gasteiger partial charge is 0.461 e. The highest BCUT2D eigenvalue weighted by Crippen LogP contribution is 2.75. The molecule has 1 aromatic rings. The fourth-order valence-corrected chi connectivity index (χ4v) is 15.5. The van der Waals surface area contributed by atoms with E-state index in [2.05, 4.69) is 45.2 Å². The number of allylic oxidation sites excluding steroid dienone is 4. The fraction of sp³-hybridized carbons (Fsp3) is 0.771. The number of carbonyl (C=O) groups excluding carboxylic acids is 1. The number of hydrogen-bond donors (Lipinski definition) is 2. The van der Waals surface area contributed by atoms with Crippen LogP contribution >= 0.6 is 0 Å². The van der Waals surface area contributed by atoms with Crippen LogP contribution in [-0.4, -0.2) is 45.3 Å². The van der Waals surface area contributed by atoms with E-state index in [0.29, 0.717) is 34.7 Å². The molecule has 0 bridgehead atoms. The molecule has 11 atom stereocenters.